The van der Waals surface area contributed by atoms with Gasteiger partial charge in [0.2, 0.25) is 0 Å². The minimum Gasteiger partial charge on any atom is -0.366 e. The predicted octanol–water partition coefficient (Wildman–Crippen LogP) is 1.51. The number of amides is 1. The first-order valence-electron chi connectivity index (χ1n) is 7.28. The fraction of sp³-hybridized carbons (Fsp3) is 0.438. The van der Waals surface area contributed by atoms with Crippen LogP contribution < -0.4 is 5.73 Å². The lowest BCUT2D eigenvalue weighted by atomic mass is 9.90. The van der Waals surface area contributed by atoms with Crippen LogP contribution in [-0.2, 0) is 29.4 Å². The Morgan fingerprint density at radius 2 is 2.10 bits per heavy atom. The van der Waals surface area contributed by atoms with Gasteiger partial charge in [-0.3, -0.25) is 4.79 Å². The van der Waals surface area contributed by atoms with Crippen LogP contribution in [0.1, 0.15) is 28.0 Å². The fourth-order valence-electron chi connectivity index (χ4n) is 3.77. The van der Waals surface area contributed by atoms with Crippen molar-refractivity contribution in [3.05, 3.63) is 35.0 Å². The molecule has 4 rings (SSSR count). The maximum Gasteiger partial charge on any atom is 0.250 e. The van der Waals surface area contributed by atoms with Crippen molar-refractivity contribution >= 4 is 16.8 Å². The van der Waals surface area contributed by atoms with Crippen LogP contribution in [0, 0.1) is 0 Å². The maximum absolute atomic E-state index is 11.7. The Kier molecular flexibility index (Phi) is 2.65. The normalized spacial score (nSPS) is 20.0. The molecule has 5 nitrogen and oxygen atoms in total. The Bertz CT molecular complexity index is 742. The standard InChI is InChI=1S/C16H18N2O3/c1-18-13-5-6-16(20-7-8-21-16)9-12(13)10-3-2-4-11(14(10)18)15(17)19/h2-4H,5-9H2,1H3,(H2,17,19). The van der Waals surface area contributed by atoms with Crippen LogP contribution in [-0.4, -0.2) is 29.5 Å². The number of rotatable bonds is 1. The highest BCUT2D eigenvalue weighted by molar-refractivity contribution is 6.06. The average molecular weight is 286 g/mol. The van der Waals surface area contributed by atoms with Gasteiger partial charge in [-0.15, -0.1) is 0 Å². The van der Waals surface area contributed by atoms with Crippen molar-refractivity contribution in [2.75, 3.05) is 13.2 Å². The zero-order valence-electron chi connectivity index (χ0n) is 12.0. The lowest BCUT2D eigenvalue weighted by Gasteiger charge is -2.32. The molecule has 2 heterocycles. The highest BCUT2D eigenvalue weighted by Gasteiger charge is 2.41. The van der Waals surface area contributed by atoms with Crippen molar-refractivity contribution in [2.24, 2.45) is 12.8 Å². The Balaban J connectivity index is 1.94. The van der Waals surface area contributed by atoms with Gasteiger partial charge in [0.15, 0.2) is 5.79 Å². The van der Waals surface area contributed by atoms with Crippen molar-refractivity contribution < 1.29 is 14.3 Å². The minimum absolute atomic E-state index is 0.387. The number of nitrogens with zero attached hydrogens (tertiary/aromatic N) is 1. The molecule has 0 unspecified atom stereocenters. The van der Waals surface area contributed by atoms with Gasteiger partial charge in [0, 0.05) is 31.0 Å². The summed E-state index contributed by atoms with van der Waals surface area (Å²) in [5, 5.41) is 1.09. The van der Waals surface area contributed by atoms with Crippen LogP contribution >= 0.6 is 0 Å². The summed E-state index contributed by atoms with van der Waals surface area (Å²) < 4.78 is 13.8. The van der Waals surface area contributed by atoms with Gasteiger partial charge in [-0.05, 0) is 18.1 Å². The molecule has 21 heavy (non-hydrogen) atoms. The number of carbonyl (C=O) groups excluding carboxylic acids is 1. The number of hydrogen-bond donors (Lipinski definition) is 1. The molecule has 0 radical (unpaired) electrons. The van der Waals surface area contributed by atoms with E-state index in [-0.39, 0.29) is 5.91 Å². The number of aromatic nitrogens is 1. The number of ether oxygens (including phenoxy) is 2. The van der Waals surface area contributed by atoms with Crippen molar-refractivity contribution in [1.29, 1.82) is 0 Å². The third-order valence-corrected chi connectivity index (χ3v) is 4.72. The molecule has 0 atom stereocenters. The monoisotopic (exact) mass is 286 g/mol. The zero-order chi connectivity index (χ0) is 14.6. The predicted molar refractivity (Wildman–Crippen MR) is 78.1 cm³/mol. The Morgan fingerprint density at radius 3 is 2.81 bits per heavy atom. The van der Waals surface area contributed by atoms with E-state index in [0.717, 1.165) is 30.2 Å². The third-order valence-electron chi connectivity index (χ3n) is 4.72. The van der Waals surface area contributed by atoms with Gasteiger partial charge in [0.25, 0.3) is 5.91 Å². The van der Waals surface area contributed by atoms with E-state index < -0.39 is 5.79 Å². The first-order valence-corrected chi connectivity index (χ1v) is 7.28. The quantitative estimate of drug-likeness (QED) is 0.864. The SMILES string of the molecule is Cn1c2c(c3cccc(C(N)=O)c31)CC1(CC2)OCCO1. The number of nitrogens with two attached hydrogens (primary N) is 1. The molecular formula is C16H18N2O3. The van der Waals surface area contributed by atoms with Crippen molar-refractivity contribution in [3.8, 4) is 0 Å². The van der Waals surface area contributed by atoms with E-state index in [2.05, 4.69) is 10.6 Å². The number of primary amides is 1. The molecule has 5 heteroatoms. The molecule has 1 amide bonds. The van der Waals surface area contributed by atoms with Gasteiger partial charge in [-0.1, -0.05) is 12.1 Å². The van der Waals surface area contributed by atoms with E-state index in [9.17, 15) is 4.79 Å². The van der Waals surface area contributed by atoms with Crippen LogP contribution in [0.5, 0.6) is 0 Å². The summed E-state index contributed by atoms with van der Waals surface area (Å²) in [7, 11) is 2.00. The number of hydrogen-bond acceptors (Lipinski definition) is 3. The lowest BCUT2D eigenvalue weighted by molar-refractivity contribution is -0.163. The van der Waals surface area contributed by atoms with Gasteiger partial charge in [0.1, 0.15) is 0 Å². The number of para-hydroxylation sites is 1. The van der Waals surface area contributed by atoms with E-state index in [1.807, 2.05) is 13.1 Å². The molecule has 1 saturated heterocycles. The van der Waals surface area contributed by atoms with Crippen LogP contribution in [0.4, 0.5) is 0 Å². The number of benzene rings is 1. The Hall–Kier alpha value is -1.85. The van der Waals surface area contributed by atoms with Crippen molar-refractivity contribution in [3.63, 3.8) is 0 Å². The van der Waals surface area contributed by atoms with E-state index in [1.54, 1.807) is 6.07 Å². The second-order valence-corrected chi connectivity index (χ2v) is 5.83. The summed E-state index contributed by atoms with van der Waals surface area (Å²) in [4.78, 5) is 11.7. The summed E-state index contributed by atoms with van der Waals surface area (Å²) >= 11 is 0. The van der Waals surface area contributed by atoms with Gasteiger partial charge >= 0.3 is 0 Å². The molecule has 1 spiro atoms. The Labute approximate surface area is 122 Å². The molecule has 2 N–H and O–H groups in total. The van der Waals surface area contributed by atoms with Crippen LogP contribution in [0.3, 0.4) is 0 Å². The number of fused-ring (bicyclic) bond motifs is 3. The van der Waals surface area contributed by atoms with Gasteiger partial charge in [0.05, 0.1) is 24.3 Å². The number of aryl methyl sites for hydroxylation is 1. The maximum atomic E-state index is 11.7. The molecule has 2 aromatic rings. The molecule has 0 saturated carbocycles. The highest BCUT2D eigenvalue weighted by Crippen LogP contribution is 2.40. The lowest BCUT2D eigenvalue weighted by Crippen LogP contribution is -2.37. The van der Waals surface area contributed by atoms with Gasteiger partial charge in [-0.2, -0.15) is 0 Å². The highest BCUT2D eigenvalue weighted by atomic mass is 16.7. The summed E-state index contributed by atoms with van der Waals surface area (Å²) in [6, 6.07) is 5.73. The zero-order valence-corrected chi connectivity index (χ0v) is 12.0. The summed E-state index contributed by atoms with van der Waals surface area (Å²) in [5.41, 5.74) is 9.50. The van der Waals surface area contributed by atoms with Gasteiger partial charge < -0.3 is 19.8 Å². The second kappa shape index (κ2) is 4.32. The molecule has 1 aliphatic carbocycles. The average Bonchev–Trinajstić information content (AvgIpc) is 3.04. The summed E-state index contributed by atoms with van der Waals surface area (Å²) in [6.45, 7) is 1.32. The van der Waals surface area contributed by atoms with E-state index in [1.165, 1.54) is 11.3 Å². The Morgan fingerprint density at radius 1 is 1.33 bits per heavy atom. The topological polar surface area (TPSA) is 66.5 Å². The summed E-state index contributed by atoms with van der Waals surface area (Å²) in [6.07, 6.45) is 2.48. The molecule has 2 aliphatic rings. The van der Waals surface area contributed by atoms with Crippen molar-refractivity contribution in [1.82, 2.24) is 4.57 Å². The third kappa shape index (κ3) is 1.74. The molecule has 0 bridgehead atoms. The van der Waals surface area contributed by atoms with E-state index in [4.69, 9.17) is 15.2 Å². The van der Waals surface area contributed by atoms with E-state index in [0.29, 0.717) is 18.8 Å². The smallest absolute Gasteiger partial charge is 0.250 e. The molecule has 110 valence electrons. The van der Waals surface area contributed by atoms with Crippen molar-refractivity contribution in [2.45, 2.75) is 25.0 Å². The first-order chi connectivity index (χ1) is 10.1. The van der Waals surface area contributed by atoms with Crippen LogP contribution in [0.2, 0.25) is 0 Å². The molecular weight excluding hydrogens is 268 g/mol. The second-order valence-electron chi connectivity index (χ2n) is 5.83. The van der Waals surface area contributed by atoms with Gasteiger partial charge in [-0.25, -0.2) is 0 Å². The largest absolute Gasteiger partial charge is 0.366 e. The van der Waals surface area contributed by atoms with Crippen LogP contribution in [0.15, 0.2) is 18.2 Å². The van der Waals surface area contributed by atoms with Crippen LogP contribution in [0.25, 0.3) is 10.9 Å². The first kappa shape index (κ1) is 12.9. The minimum atomic E-state index is -0.468. The number of carbonyl (C=O) groups is 1. The molecule has 1 aromatic carbocycles. The summed E-state index contributed by atoms with van der Waals surface area (Å²) in [5.74, 6) is -0.856. The van der Waals surface area contributed by atoms with E-state index >= 15 is 0 Å². The molecule has 1 aromatic heterocycles. The fourth-order valence-corrected chi connectivity index (χ4v) is 3.77. The molecule has 1 fully saturated rings. The molecule has 1 aliphatic heterocycles.